The zero-order valence-electron chi connectivity index (χ0n) is 12.8. The molecular formula is C15H18N2O5S. The Morgan fingerprint density at radius 2 is 2.17 bits per heavy atom. The van der Waals surface area contributed by atoms with Crippen LogP contribution in [0.5, 0.6) is 5.75 Å². The van der Waals surface area contributed by atoms with E-state index in [1.165, 1.54) is 0 Å². The van der Waals surface area contributed by atoms with Crippen LogP contribution < -0.4 is 4.74 Å². The highest BCUT2D eigenvalue weighted by Crippen LogP contribution is 2.27. The standard InChI is InChI=1S/C15H18N2O5S/c1-20-13-7-3-2-6-12(13)15-16-14(22-17-15)10-23(18,19)9-11-5-4-8-21-11/h2-3,6-7,11H,4-5,8-10H2,1H3/t11-/m1/s1. The average Bonchev–Trinajstić information content (AvgIpc) is 3.18. The fourth-order valence-corrected chi connectivity index (χ4v) is 4.00. The molecule has 0 spiro atoms. The molecule has 3 rings (SSSR count). The van der Waals surface area contributed by atoms with E-state index in [1.807, 2.05) is 12.1 Å². The Kier molecular flexibility index (Phi) is 4.63. The van der Waals surface area contributed by atoms with E-state index in [1.54, 1.807) is 19.2 Å². The van der Waals surface area contributed by atoms with Crippen LogP contribution >= 0.6 is 0 Å². The summed E-state index contributed by atoms with van der Waals surface area (Å²) in [5.41, 5.74) is 0.654. The summed E-state index contributed by atoms with van der Waals surface area (Å²) in [7, 11) is -1.81. The van der Waals surface area contributed by atoms with Crippen molar-refractivity contribution in [2.75, 3.05) is 19.5 Å². The first-order valence-corrected chi connectivity index (χ1v) is 9.17. The van der Waals surface area contributed by atoms with Gasteiger partial charge in [-0.1, -0.05) is 17.3 Å². The molecule has 1 saturated heterocycles. The van der Waals surface area contributed by atoms with E-state index in [4.69, 9.17) is 14.0 Å². The minimum Gasteiger partial charge on any atom is -0.496 e. The quantitative estimate of drug-likeness (QED) is 0.793. The number of hydrogen-bond donors (Lipinski definition) is 0. The number of hydrogen-bond acceptors (Lipinski definition) is 7. The van der Waals surface area contributed by atoms with E-state index in [0.29, 0.717) is 23.7 Å². The Morgan fingerprint density at radius 1 is 1.35 bits per heavy atom. The summed E-state index contributed by atoms with van der Waals surface area (Å²) in [6.45, 7) is 0.624. The van der Waals surface area contributed by atoms with Crippen LogP contribution in [0.15, 0.2) is 28.8 Å². The lowest BCUT2D eigenvalue weighted by Gasteiger charge is -2.08. The van der Waals surface area contributed by atoms with E-state index in [9.17, 15) is 8.42 Å². The molecule has 0 saturated carbocycles. The summed E-state index contributed by atoms with van der Waals surface area (Å²) in [6, 6.07) is 7.21. The van der Waals surface area contributed by atoms with Gasteiger partial charge in [0.25, 0.3) is 0 Å². The van der Waals surface area contributed by atoms with Gasteiger partial charge in [-0.3, -0.25) is 0 Å². The predicted molar refractivity (Wildman–Crippen MR) is 82.8 cm³/mol. The summed E-state index contributed by atoms with van der Waals surface area (Å²) in [4.78, 5) is 4.17. The molecule has 0 amide bonds. The molecule has 1 atom stereocenters. The van der Waals surface area contributed by atoms with E-state index in [-0.39, 0.29) is 23.5 Å². The van der Waals surface area contributed by atoms with Gasteiger partial charge in [0.1, 0.15) is 11.5 Å². The van der Waals surface area contributed by atoms with Crippen molar-refractivity contribution in [2.45, 2.75) is 24.7 Å². The highest BCUT2D eigenvalue weighted by Gasteiger charge is 2.26. The molecule has 124 valence electrons. The second-order valence-electron chi connectivity index (χ2n) is 5.40. The monoisotopic (exact) mass is 338 g/mol. The summed E-state index contributed by atoms with van der Waals surface area (Å²) in [5.74, 6) is 0.685. The van der Waals surface area contributed by atoms with Gasteiger partial charge in [0.15, 0.2) is 9.84 Å². The maximum absolute atomic E-state index is 12.2. The third-order valence-electron chi connectivity index (χ3n) is 3.62. The Balaban J connectivity index is 1.74. The maximum atomic E-state index is 12.2. The molecule has 23 heavy (non-hydrogen) atoms. The second-order valence-corrected chi connectivity index (χ2v) is 7.51. The molecule has 1 aromatic carbocycles. The summed E-state index contributed by atoms with van der Waals surface area (Å²) >= 11 is 0. The molecule has 1 fully saturated rings. The minimum absolute atomic E-state index is 0.0145. The molecule has 8 heteroatoms. The Hall–Kier alpha value is -1.93. The van der Waals surface area contributed by atoms with Crippen molar-refractivity contribution < 1.29 is 22.4 Å². The van der Waals surface area contributed by atoms with E-state index in [2.05, 4.69) is 10.1 Å². The number of ether oxygens (including phenoxy) is 2. The van der Waals surface area contributed by atoms with E-state index < -0.39 is 9.84 Å². The van der Waals surface area contributed by atoms with Crippen LogP contribution in [0.1, 0.15) is 18.7 Å². The summed E-state index contributed by atoms with van der Waals surface area (Å²) < 4.78 is 40.1. The van der Waals surface area contributed by atoms with Crippen molar-refractivity contribution in [1.82, 2.24) is 10.1 Å². The molecule has 0 N–H and O–H groups in total. The normalized spacial score (nSPS) is 18.2. The Labute approximate surface area is 134 Å². The number of rotatable bonds is 6. The van der Waals surface area contributed by atoms with Crippen LogP contribution in [0.2, 0.25) is 0 Å². The summed E-state index contributed by atoms with van der Waals surface area (Å²) in [5, 5.41) is 3.85. The lowest BCUT2D eigenvalue weighted by atomic mass is 10.2. The van der Waals surface area contributed by atoms with Gasteiger partial charge in [-0.15, -0.1) is 0 Å². The Bertz CT molecular complexity index is 766. The van der Waals surface area contributed by atoms with Gasteiger partial charge in [0, 0.05) is 6.61 Å². The van der Waals surface area contributed by atoms with Crippen molar-refractivity contribution in [3.63, 3.8) is 0 Å². The first kappa shape index (κ1) is 15.9. The van der Waals surface area contributed by atoms with Gasteiger partial charge < -0.3 is 14.0 Å². The molecule has 1 aliphatic rings. The maximum Gasteiger partial charge on any atom is 0.242 e. The number of nitrogens with zero attached hydrogens (tertiary/aromatic N) is 2. The highest BCUT2D eigenvalue weighted by molar-refractivity contribution is 7.90. The van der Waals surface area contributed by atoms with Crippen molar-refractivity contribution in [3.8, 4) is 17.1 Å². The van der Waals surface area contributed by atoms with Gasteiger partial charge in [0.05, 0.1) is 24.5 Å². The molecule has 7 nitrogen and oxygen atoms in total. The van der Waals surface area contributed by atoms with Crippen LogP contribution in [-0.4, -0.2) is 44.1 Å². The number of benzene rings is 1. The molecule has 0 unspecified atom stereocenters. The molecular weight excluding hydrogens is 320 g/mol. The van der Waals surface area contributed by atoms with Gasteiger partial charge in [-0.05, 0) is 25.0 Å². The number of methoxy groups -OCH3 is 1. The zero-order chi connectivity index (χ0) is 16.3. The van der Waals surface area contributed by atoms with Crippen molar-refractivity contribution >= 4 is 9.84 Å². The van der Waals surface area contributed by atoms with Crippen LogP contribution in [0.3, 0.4) is 0 Å². The third kappa shape index (κ3) is 3.89. The molecule has 0 bridgehead atoms. The SMILES string of the molecule is COc1ccccc1-c1noc(CS(=O)(=O)C[C@H]2CCCO2)n1. The van der Waals surface area contributed by atoms with E-state index >= 15 is 0 Å². The Morgan fingerprint density at radius 3 is 2.91 bits per heavy atom. The van der Waals surface area contributed by atoms with Crippen LogP contribution in [0.4, 0.5) is 0 Å². The van der Waals surface area contributed by atoms with Gasteiger partial charge >= 0.3 is 0 Å². The molecule has 2 aromatic rings. The highest BCUT2D eigenvalue weighted by atomic mass is 32.2. The van der Waals surface area contributed by atoms with Gasteiger partial charge in [0.2, 0.25) is 11.7 Å². The number of aromatic nitrogens is 2. The smallest absolute Gasteiger partial charge is 0.242 e. The lowest BCUT2D eigenvalue weighted by Crippen LogP contribution is -2.21. The molecule has 1 aliphatic heterocycles. The largest absolute Gasteiger partial charge is 0.496 e. The topological polar surface area (TPSA) is 91.5 Å². The fourth-order valence-electron chi connectivity index (χ4n) is 2.56. The summed E-state index contributed by atoms with van der Waals surface area (Å²) in [6.07, 6.45) is 1.45. The minimum atomic E-state index is -3.36. The molecule has 0 radical (unpaired) electrons. The van der Waals surface area contributed by atoms with Crippen molar-refractivity contribution in [3.05, 3.63) is 30.2 Å². The average molecular weight is 338 g/mol. The van der Waals surface area contributed by atoms with Gasteiger partial charge in [-0.2, -0.15) is 4.98 Å². The second kappa shape index (κ2) is 6.67. The zero-order valence-corrected chi connectivity index (χ0v) is 13.6. The molecule has 1 aromatic heterocycles. The van der Waals surface area contributed by atoms with Crippen molar-refractivity contribution in [2.24, 2.45) is 0 Å². The predicted octanol–water partition coefficient (Wildman–Crippen LogP) is 1.84. The fraction of sp³-hybridized carbons (Fsp3) is 0.467. The lowest BCUT2D eigenvalue weighted by molar-refractivity contribution is 0.127. The van der Waals surface area contributed by atoms with Crippen LogP contribution in [0.25, 0.3) is 11.4 Å². The van der Waals surface area contributed by atoms with Crippen molar-refractivity contribution in [1.29, 1.82) is 0 Å². The molecule has 0 aliphatic carbocycles. The third-order valence-corrected chi connectivity index (χ3v) is 5.19. The van der Waals surface area contributed by atoms with Crippen LogP contribution in [-0.2, 0) is 20.3 Å². The van der Waals surface area contributed by atoms with Crippen LogP contribution in [0, 0.1) is 0 Å². The first-order valence-electron chi connectivity index (χ1n) is 7.35. The first-order chi connectivity index (χ1) is 11.1. The number of para-hydroxylation sites is 1. The van der Waals surface area contributed by atoms with Gasteiger partial charge in [-0.25, -0.2) is 8.42 Å². The van der Waals surface area contributed by atoms with E-state index in [0.717, 1.165) is 12.8 Å². The number of sulfone groups is 1. The molecule has 2 heterocycles.